The summed E-state index contributed by atoms with van der Waals surface area (Å²) in [5, 5.41) is 17.4. The second-order valence-corrected chi connectivity index (χ2v) is 10.0. The van der Waals surface area contributed by atoms with E-state index in [0.29, 0.717) is 11.1 Å². The van der Waals surface area contributed by atoms with Gasteiger partial charge in [0.2, 0.25) is 0 Å². The van der Waals surface area contributed by atoms with Gasteiger partial charge in [-0.3, -0.25) is 0 Å². The molecule has 0 bridgehead atoms. The molecule has 0 saturated carbocycles. The van der Waals surface area contributed by atoms with Crippen molar-refractivity contribution in [2.24, 2.45) is 0 Å². The van der Waals surface area contributed by atoms with Crippen LogP contribution in [0.5, 0.6) is 11.5 Å². The zero-order valence-electron chi connectivity index (χ0n) is 24.2. The third kappa shape index (κ3) is 14.6. The van der Waals surface area contributed by atoms with Crippen LogP contribution < -0.4 is 9.47 Å². The van der Waals surface area contributed by atoms with E-state index in [1.54, 1.807) is 24.3 Å². The number of ether oxygens (including phenoxy) is 2. The van der Waals surface area contributed by atoms with E-state index in [4.69, 9.17) is 20.0 Å². The summed E-state index contributed by atoms with van der Waals surface area (Å²) in [6.07, 6.45) is 11.3. The van der Waals surface area contributed by atoms with Crippen molar-refractivity contribution in [2.75, 3.05) is 52.5 Å². The van der Waals surface area contributed by atoms with Crippen LogP contribution in [-0.2, 0) is 0 Å². The van der Waals surface area contributed by atoms with Gasteiger partial charge in [0.15, 0.2) is 0 Å². The number of likely N-dealkylation sites (tertiary alicyclic amines) is 1. The molecular formula is C33H48N4O2. The Balaban J connectivity index is 0.000000274. The first-order valence-corrected chi connectivity index (χ1v) is 14.9. The average molecular weight is 533 g/mol. The van der Waals surface area contributed by atoms with Crippen LogP contribution in [-0.4, -0.2) is 62.3 Å². The zero-order chi connectivity index (χ0) is 28.0. The van der Waals surface area contributed by atoms with Crippen LogP contribution in [0.3, 0.4) is 0 Å². The van der Waals surface area contributed by atoms with Crippen molar-refractivity contribution in [1.29, 1.82) is 10.5 Å². The Kier molecular flexibility index (Phi) is 17.2. The van der Waals surface area contributed by atoms with Crippen LogP contribution in [0, 0.1) is 22.7 Å². The highest BCUT2D eigenvalue weighted by Crippen LogP contribution is 2.14. The fraction of sp³-hybridized carbons (Fsp3) is 0.576. The Morgan fingerprint density at radius 2 is 1.15 bits per heavy atom. The minimum absolute atomic E-state index is 0.673. The summed E-state index contributed by atoms with van der Waals surface area (Å²) >= 11 is 0. The molecule has 1 aliphatic rings. The smallest absolute Gasteiger partial charge is 0.119 e. The molecule has 212 valence electrons. The summed E-state index contributed by atoms with van der Waals surface area (Å²) in [7, 11) is 0. The fourth-order valence-corrected chi connectivity index (χ4v) is 4.58. The quantitative estimate of drug-likeness (QED) is 0.216. The van der Waals surface area contributed by atoms with Crippen molar-refractivity contribution < 1.29 is 9.47 Å². The maximum absolute atomic E-state index is 8.71. The first-order chi connectivity index (χ1) is 19.2. The highest BCUT2D eigenvalue weighted by molar-refractivity contribution is 5.35. The first-order valence-electron chi connectivity index (χ1n) is 14.9. The molecular weight excluding hydrogens is 484 g/mol. The lowest BCUT2D eigenvalue weighted by Gasteiger charge is -2.26. The molecule has 6 heteroatoms. The number of hydrogen-bond donors (Lipinski definition) is 0. The second-order valence-electron chi connectivity index (χ2n) is 10.0. The molecule has 2 aromatic rings. The molecule has 0 aromatic heterocycles. The van der Waals surface area contributed by atoms with Gasteiger partial charge in [0.05, 0.1) is 36.5 Å². The number of unbranched alkanes of at least 4 members (excludes halogenated alkanes) is 4. The van der Waals surface area contributed by atoms with Crippen LogP contribution in [0.4, 0.5) is 0 Å². The molecule has 0 unspecified atom stereocenters. The average Bonchev–Trinajstić information content (AvgIpc) is 3.00. The van der Waals surface area contributed by atoms with E-state index in [-0.39, 0.29) is 0 Å². The van der Waals surface area contributed by atoms with Gasteiger partial charge in [-0.1, -0.05) is 20.3 Å². The van der Waals surface area contributed by atoms with Gasteiger partial charge in [0.25, 0.3) is 0 Å². The molecule has 1 heterocycles. The van der Waals surface area contributed by atoms with Crippen LogP contribution in [0.1, 0.15) is 82.8 Å². The number of nitrogens with zero attached hydrogens (tertiary/aromatic N) is 4. The highest BCUT2D eigenvalue weighted by atomic mass is 16.5. The third-order valence-electron chi connectivity index (χ3n) is 7.08. The third-order valence-corrected chi connectivity index (χ3v) is 7.08. The molecule has 1 aliphatic heterocycles. The van der Waals surface area contributed by atoms with Crippen molar-refractivity contribution in [2.45, 2.75) is 71.6 Å². The molecule has 0 aliphatic carbocycles. The van der Waals surface area contributed by atoms with Crippen molar-refractivity contribution in [3.63, 3.8) is 0 Å². The summed E-state index contributed by atoms with van der Waals surface area (Å²) in [6, 6.07) is 18.8. The summed E-state index contributed by atoms with van der Waals surface area (Å²) in [5.74, 6) is 1.71. The normalized spacial score (nSPS) is 13.2. The minimum Gasteiger partial charge on any atom is -0.494 e. The van der Waals surface area contributed by atoms with E-state index in [2.05, 4.69) is 35.8 Å². The van der Waals surface area contributed by atoms with Gasteiger partial charge in [-0.15, -0.1) is 0 Å². The lowest BCUT2D eigenvalue weighted by atomic mass is 10.1. The summed E-state index contributed by atoms with van der Waals surface area (Å²) in [6.45, 7) is 13.2. The van der Waals surface area contributed by atoms with Crippen molar-refractivity contribution in [3.8, 4) is 23.6 Å². The molecule has 0 spiro atoms. The Hall–Kier alpha value is -3.06. The Morgan fingerprint density at radius 1 is 0.667 bits per heavy atom. The molecule has 2 aromatic carbocycles. The summed E-state index contributed by atoms with van der Waals surface area (Å²) in [4.78, 5) is 5.03. The van der Waals surface area contributed by atoms with Gasteiger partial charge in [-0.05, 0) is 139 Å². The SMILES string of the molecule is CCN(CC)CCCCCOc1ccc(C#N)cc1.N#Cc1ccc(OCCCCCN2CCCCC2)cc1. The molecule has 1 fully saturated rings. The van der Waals surface area contributed by atoms with Crippen molar-refractivity contribution in [3.05, 3.63) is 59.7 Å². The van der Waals surface area contributed by atoms with Crippen molar-refractivity contribution in [1.82, 2.24) is 9.80 Å². The van der Waals surface area contributed by atoms with Crippen LogP contribution in [0.15, 0.2) is 48.5 Å². The molecule has 0 amide bonds. The number of nitriles is 2. The summed E-state index contributed by atoms with van der Waals surface area (Å²) in [5.41, 5.74) is 1.35. The van der Waals surface area contributed by atoms with Gasteiger partial charge >= 0.3 is 0 Å². The standard InChI is InChI=1S/C17H24N2O.C16H24N2O/c18-15-16-7-9-17(10-8-16)20-14-6-2-5-13-19-11-3-1-4-12-19;1-3-18(4-2)12-6-5-7-13-19-16-10-8-15(14-17)9-11-16/h7-10H,1-6,11-14H2;8-11H,3-7,12-13H2,1-2H3. The van der Waals surface area contributed by atoms with Gasteiger partial charge in [-0.25, -0.2) is 0 Å². The van der Waals surface area contributed by atoms with Crippen LogP contribution >= 0.6 is 0 Å². The Bertz CT molecular complexity index is 953. The number of piperidine rings is 1. The number of benzene rings is 2. The van der Waals surface area contributed by atoms with Crippen molar-refractivity contribution >= 4 is 0 Å². The topological polar surface area (TPSA) is 72.5 Å². The predicted molar refractivity (Wildman–Crippen MR) is 159 cm³/mol. The van der Waals surface area contributed by atoms with Crippen LogP contribution in [0.2, 0.25) is 0 Å². The van der Waals surface area contributed by atoms with Gasteiger partial charge in [0.1, 0.15) is 11.5 Å². The Labute approximate surface area is 237 Å². The minimum atomic E-state index is 0.673. The maximum Gasteiger partial charge on any atom is 0.119 e. The molecule has 0 radical (unpaired) electrons. The lowest BCUT2D eigenvalue weighted by molar-refractivity contribution is 0.221. The molecule has 39 heavy (non-hydrogen) atoms. The number of rotatable bonds is 16. The predicted octanol–water partition coefficient (Wildman–Crippen LogP) is 7.04. The van der Waals surface area contributed by atoms with E-state index in [1.807, 2.05) is 24.3 Å². The maximum atomic E-state index is 8.71. The lowest BCUT2D eigenvalue weighted by Crippen LogP contribution is -2.30. The Morgan fingerprint density at radius 3 is 1.62 bits per heavy atom. The van der Waals surface area contributed by atoms with E-state index in [9.17, 15) is 0 Å². The van der Waals surface area contributed by atoms with Gasteiger partial charge in [-0.2, -0.15) is 10.5 Å². The van der Waals surface area contributed by atoms with Gasteiger partial charge in [0, 0.05) is 0 Å². The second kappa shape index (κ2) is 20.8. The van der Waals surface area contributed by atoms with Crippen LogP contribution in [0.25, 0.3) is 0 Å². The zero-order valence-corrected chi connectivity index (χ0v) is 24.2. The first kappa shape index (κ1) is 32.2. The fourth-order valence-electron chi connectivity index (χ4n) is 4.58. The highest BCUT2D eigenvalue weighted by Gasteiger charge is 2.08. The largest absolute Gasteiger partial charge is 0.494 e. The number of hydrogen-bond acceptors (Lipinski definition) is 6. The summed E-state index contributed by atoms with van der Waals surface area (Å²) < 4.78 is 11.3. The van der Waals surface area contributed by atoms with Gasteiger partial charge < -0.3 is 19.3 Å². The molecule has 3 rings (SSSR count). The molecule has 1 saturated heterocycles. The van der Waals surface area contributed by atoms with E-state index in [1.165, 1.54) is 71.1 Å². The van der Waals surface area contributed by atoms with E-state index >= 15 is 0 Å². The monoisotopic (exact) mass is 532 g/mol. The van der Waals surface area contributed by atoms with E-state index in [0.717, 1.165) is 50.6 Å². The van der Waals surface area contributed by atoms with E-state index < -0.39 is 0 Å². The molecule has 0 atom stereocenters. The molecule has 6 nitrogen and oxygen atoms in total. The molecule has 0 N–H and O–H groups in total.